The van der Waals surface area contributed by atoms with Crippen LogP contribution in [0.2, 0.25) is 0 Å². The average Bonchev–Trinajstić information content (AvgIpc) is 3.06. The van der Waals surface area contributed by atoms with Gasteiger partial charge in [-0.3, -0.25) is 4.79 Å². The standard InChI is InChI=1S/C20H18N2O3/c1-24-15-11-9-14(10-12-15)5-4-7-18(23)16(13-21)20-22-17-6-2-3-8-19(17)25-20/h2-3,6,8-12,16H,4-5,7H2,1H3/t16-/m0/s1. The highest BCUT2D eigenvalue weighted by Crippen LogP contribution is 2.23. The quantitative estimate of drug-likeness (QED) is 0.652. The van der Waals surface area contributed by atoms with Crippen LogP contribution < -0.4 is 4.74 Å². The third kappa shape index (κ3) is 3.86. The van der Waals surface area contributed by atoms with Gasteiger partial charge < -0.3 is 9.15 Å². The zero-order valence-electron chi connectivity index (χ0n) is 13.9. The summed E-state index contributed by atoms with van der Waals surface area (Å²) in [4.78, 5) is 16.7. The summed E-state index contributed by atoms with van der Waals surface area (Å²) in [6, 6.07) is 17.0. The van der Waals surface area contributed by atoms with Crippen molar-refractivity contribution >= 4 is 16.9 Å². The number of para-hydroxylation sites is 2. The van der Waals surface area contributed by atoms with E-state index in [4.69, 9.17) is 9.15 Å². The van der Waals surface area contributed by atoms with E-state index in [1.165, 1.54) is 0 Å². The van der Waals surface area contributed by atoms with Gasteiger partial charge in [0, 0.05) is 6.42 Å². The highest BCUT2D eigenvalue weighted by molar-refractivity contribution is 5.88. The summed E-state index contributed by atoms with van der Waals surface area (Å²) in [6.45, 7) is 0. The minimum Gasteiger partial charge on any atom is -0.497 e. The highest BCUT2D eigenvalue weighted by atomic mass is 16.5. The van der Waals surface area contributed by atoms with Gasteiger partial charge >= 0.3 is 0 Å². The Morgan fingerprint density at radius 3 is 2.68 bits per heavy atom. The van der Waals surface area contributed by atoms with Crippen molar-refractivity contribution < 1.29 is 13.9 Å². The predicted octanol–water partition coefficient (Wildman–Crippen LogP) is 4.04. The Labute approximate surface area is 145 Å². The molecule has 5 heteroatoms. The lowest BCUT2D eigenvalue weighted by molar-refractivity contribution is -0.119. The maximum absolute atomic E-state index is 12.4. The summed E-state index contributed by atoms with van der Waals surface area (Å²) >= 11 is 0. The first kappa shape index (κ1) is 16.7. The number of nitrogens with zero attached hydrogens (tertiary/aromatic N) is 2. The van der Waals surface area contributed by atoms with Gasteiger partial charge in [-0.05, 0) is 42.7 Å². The fourth-order valence-electron chi connectivity index (χ4n) is 2.68. The first-order chi connectivity index (χ1) is 12.2. The lowest BCUT2D eigenvalue weighted by Gasteiger charge is -2.05. The number of nitriles is 1. The van der Waals surface area contributed by atoms with Crippen LogP contribution in [0.25, 0.3) is 11.1 Å². The van der Waals surface area contributed by atoms with Gasteiger partial charge in [-0.15, -0.1) is 0 Å². The third-order valence-corrected chi connectivity index (χ3v) is 4.06. The highest BCUT2D eigenvalue weighted by Gasteiger charge is 2.25. The van der Waals surface area contributed by atoms with Crippen molar-refractivity contribution in [3.63, 3.8) is 0 Å². The zero-order chi connectivity index (χ0) is 17.6. The number of methoxy groups -OCH3 is 1. The van der Waals surface area contributed by atoms with Gasteiger partial charge in [0.15, 0.2) is 17.3 Å². The molecule has 3 aromatic rings. The van der Waals surface area contributed by atoms with E-state index < -0.39 is 5.92 Å². The molecular weight excluding hydrogens is 316 g/mol. The molecule has 0 aliphatic carbocycles. The van der Waals surface area contributed by atoms with Gasteiger partial charge in [0.2, 0.25) is 5.89 Å². The monoisotopic (exact) mass is 334 g/mol. The molecule has 1 heterocycles. The lowest BCUT2D eigenvalue weighted by atomic mass is 9.99. The van der Waals surface area contributed by atoms with E-state index in [2.05, 4.69) is 4.98 Å². The second-order valence-corrected chi connectivity index (χ2v) is 5.75. The third-order valence-electron chi connectivity index (χ3n) is 4.06. The van der Waals surface area contributed by atoms with Crippen molar-refractivity contribution in [2.24, 2.45) is 0 Å². The van der Waals surface area contributed by atoms with Crippen molar-refractivity contribution in [2.75, 3.05) is 7.11 Å². The number of ketones is 1. The van der Waals surface area contributed by atoms with Crippen molar-refractivity contribution in [2.45, 2.75) is 25.2 Å². The number of hydrogen-bond donors (Lipinski definition) is 0. The maximum Gasteiger partial charge on any atom is 0.220 e. The molecule has 1 aromatic heterocycles. The van der Waals surface area contributed by atoms with Crippen molar-refractivity contribution in [3.8, 4) is 11.8 Å². The summed E-state index contributed by atoms with van der Waals surface area (Å²) in [5.41, 5.74) is 2.37. The van der Waals surface area contributed by atoms with Crippen LogP contribution in [0.1, 0.15) is 30.2 Å². The molecule has 0 saturated heterocycles. The van der Waals surface area contributed by atoms with Gasteiger partial charge in [0.25, 0.3) is 0 Å². The summed E-state index contributed by atoms with van der Waals surface area (Å²) in [5.74, 6) is -0.135. The first-order valence-electron chi connectivity index (χ1n) is 8.12. The van der Waals surface area contributed by atoms with Crippen LogP contribution in [0.4, 0.5) is 0 Å². The molecular formula is C20H18N2O3. The Morgan fingerprint density at radius 1 is 1.24 bits per heavy atom. The van der Waals surface area contributed by atoms with Gasteiger partial charge in [0.05, 0.1) is 13.2 Å². The number of carbonyl (C=O) groups is 1. The van der Waals surface area contributed by atoms with E-state index in [1.54, 1.807) is 19.2 Å². The minimum atomic E-state index is -0.955. The van der Waals surface area contributed by atoms with E-state index in [9.17, 15) is 10.1 Å². The Morgan fingerprint density at radius 2 is 2.00 bits per heavy atom. The smallest absolute Gasteiger partial charge is 0.220 e. The number of oxazole rings is 1. The van der Waals surface area contributed by atoms with Crippen LogP contribution in [-0.4, -0.2) is 17.9 Å². The average molecular weight is 334 g/mol. The number of benzene rings is 2. The number of ether oxygens (including phenoxy) is 1. The normalized spacial score (nSPS) is 11.8. The molecule has 0 aliphatic rings. The molecule has 0 radical (unpaired) electrons. The van der Waals surface area contributed by atoms with Crippen LogP contribution in [0, 0.1) is 11.3 Å². The predicted molar refractivity (Wildman–Crippen MR) is 93.3 cm³/mol. The molecule has 0 spiro atoms. The van der Waals surface area contributed by atoms with Gasteiger partial charge in [0.1, 0.15) is 11.3 Å². The minimum absolute atomic E-state index is 0.164. The Hall–Kier alpha value is -3.13. The van der Waals surface area contributed by atoms with E-state index >= 15 is 0 Å². The van der Waals surface area contributed by atoms with Gasteiger partial charge in [-0.25, -0.2) is 4.98 Å². The second-order valence-electron chi connectivity index (χ2n) is 5.75. The topological polar surface area (TPSA) is 76.1 Å². The summed E-state index contributed by atoms with van der Waals surface area (Å²) in [5, 5.41) is 9.36. The van der Waals surface area contributed by atoms with Gasteiger partial charge in [-0.2, -0.15) is 5.26 Å². The van der Waals surface area contributed by atoms with Crippen molar-refractivity contribution in [1.29, 1.82) is 5.26 Å². The molecule has 0 unspecified atom stereocenters. The molecule has 0 fully saturated rings. The molecule has 0 bridgehead atoms. The van der Waals surface area contributed by atoms with Crippen LogP contribution >= 0.6 is 0 Å². The van der Waals surface area contributed by atoms with Crippen LogP contribution in [-0.2, 0) is 11.2 Å². The molecule has 1 atom stereocenters. The number of aromatic nitrogens is 1. The van der Waals surface area contributed by atoms with Crippen LogP contribution in [0.15, 0.2) is 52.9 Å². The molecule has 3 rings (SSSR count). The molecule has 5 nitrogen and oxygen atoms in total. The number of hydrogen-bond acceptors (Lipinski definition) is 5. The molecule has 0 aliphatic heterocycles. The summed E-state index contributed by atoms with van der Waals surface area (Å²) < 4.78 is 10.7. The number of aryl methyl sites for hydroxylation is 1. The number of carbonyl (C=O) groups excluding carboxylic acids is 1. The molecule has 25 heavy (non-hydrogen) atoms. The zero-order valence-corrected chi connectivity index (χ0v) is 13.9. The maximum atomic E-state index is 12.4. The van der Waals surface area contributed by atoms with E-state index in [-0.39, 0.29) is 11.7 Å². The van der Waals surface area contributed by atoms with Crippen molar-refractivity contribution in [1.82, 2.24) is 4.98 Å². The summed E-state index contributed by atoms with van der Waals surface area (Å²) in [7, 11) is 1.63. The number of Topliss-reactive ketones (excluding diaryl/α,β-unsaturated/α-hetero) is 1. The molecule has 0 saturated carbocycles. The van der Waals surface area contributed by atoms with Gasteiger partial charge in [-0.1, -0.05) is 24.3 Å². The SMILES string of the molecule is COc1ccc(CCCC(=O)[C@H](C#N)c2nc3ccccc3o2)cc1. The Kier molecular flexibility index (Phi) is 5.10. The van der Waals surface area contributed by atoms with Crippen molar-refractivity contribution in [3.05, 3.63) is 60.0 Å². The molecule has 0 N–H and O–H groups in total. The molecule has 0 amide bonds. The molecule has 126 valence electrons. The number of fused-ring (bicyclic) bond motifs is 1. The van der Waals surface area contributed by atoms with Crippen LogP contribution in [0.3, 0.4) is 0 Å². The van der Waals surface area contributed by atoms with E-state index in [0.29, 0.717) is 23.9 Å². The fourth-order valence-corrected chi connectivity index (χ4v) is 2.68. The largest absolute Gasteiger partial charge is 0.497 e. The second kappa shape index (κ2) is 7.63. The molecule has 2 aromatic carbocycles. The first-order valence-corrected chi connectivity index (χ1v) is 8.12. The van der Waals surface area contributed by atoms with Crippen LogP contribution in [0.5, 0.6) is 5.75 Å². The number of rotatable bonds is 7. The van der Waals surface area contributed by atoms with E-state index in [0.717, 1.165) is 17.7 Å². The summed E-state index contributed by atoms with van der Waals surface area (Å²) in [6.07, 6.45) is 1.74. The fraction of sp³-hybridized carbons (Fsp3) is 0.250. The Bertz CT molecular complexity index is 874. The Balaban J connectivity index is 1.61. The van der Waals surface area contributed by atoms with E-state index in [1.807, 2.05) is 42.5 Å². The lowest BCUT2D eigenvalue weighted by Crippen LogP contribution is -2.11.